The minimum absolute atomic E-state index is 0.0661. The van der Waals surface area contributed by atoms with Crippen LogP contribution in [-0.2, 0) is 21.7 Å². The number of rotatable bonds is 2. The van der Waals surface area contributed by atoms with Gasteiger partial charge in [-0.05, 0) is 134 Å². The highest BCUT2D eigenvalue weighted by molar-refractivity contribution is 6.01. The van der Waals surface area contributed by atoms with Crippen LogP contribution in [0.3, 0.4) is 0 Å². The summed E-state index contributed by atoms with van der Waals surface area (Å²) in [5, 5.41) is 2.68. The van der Waals surface area contributed by atoms with Crippen molar-refractivity contribution in [3.05, 3.63) is 152 Å². The summed E-state index contributed by atoms with van der Waals surface area (Å²) in [6.45, 7) is 27.7. The SMILES string of the molecule is CC(C)(C)c1ccc(C2=c3cc4c(cc3-c3ccc(C(C)(C)C)cc32)=C(c2ccc(C(C)(C)C)cc2)c2cc(C(C)(C)C)ccc2-4)cc1. The van der Waals surface area contributed by atoms with Crippen molar-refractivity contribution in [1.29, 1.82) is 0 Å². The molecule has 5 aromatic rings. The lowest BCUT2D eigenvalue weighted by Gasteiger charge is -2.22. The Balaban J connectivity index is 1.56. The van der Waals surface area contributed by atoms with E-state index in [1.54, 1.807) is 0 Å². The number of fused-ring (bicyclic) bond motifs is 6. The van der Waals surface area contributed by atoms with E-state index in [4.69, 9.17) is 0 Å². The largest absolute Gasteiger partial charge is 0.0579 e. The van der Waals surface area contributed by atoms with Gasteiger partial charge in [-0.1, -0.05) is 156 Å². The minimum atomic E-state index is 0.0661. The quantitative estimate of drug-likeness (QED) is 0.179. The molecule has 2 aliphatic carbocycles. The van der Waals surface area contributed by atoms with E-state index >= 15 is 0 Å². The van der Waals surface area contributed by atoms with Gasteiger partial charge in [0.05, 0.1) is 0 Å². The van der Waals surface area contributed by atoms with Crippen LogP contribution in [0.1, 0.15) is 128 Å². The second kappa shape index (κ2) is 10.7. The predicted octanol–water partition coefficient (Wildman–Crippen LogP) is 11.3. The van der Waals surface area contributed by atoms with E-state index in [1.807, 2.05) is 0 Å². The molecule has 0 atom stereocenters. The molecule has 0 nitrogen and oxygen atoms in total. The molecule has 0 N–H and O–H groups in total. The Morgan fingerprint density at radius 2 is 0.562 bits per heavy atom. The van der Waals surface area contributed by atoms with Crippen molar-refractivity contribution >= 4 is 11.1 Å². The maximum atomic E-state index is 2.51. The predicted molar refractivity (Wildman–Crippen MR) is 207 cm³/mol. The molecule has 7 rings (SSSR count). The first-order valence-corrected chi connectivity index (χ1v) is 17.8. The highest BCUT2D eigenvalue weighted by Crippen LogP contribution is 2.43. The molecule has 0 fully saturated rings. The van der Waals surface area contributed by atoms with Crippen LogP contribution in [0.2, 0.25) is 0 Å². The van der Waals surface area contributed by atoms with Crippen LogP contribution in [0, 0.1) is 0 Å². The fourth-order valence-electron chi connectivity index (χ4n) is 7.55. The molecular weight excluding hydrogens is 577 g/mol. The van der Waals surface area contributed by atoms with Crippen LogP contribution in [0.15, 0.2) is 97.1 Å². The zero-order valence-electron chi connectivity index (χ0n) is 31.2. The lowest BCUT2D eigenvalue weighted by molar-refractivity contribution is 0.589. The van der Waals surface area contributed by atoms with Gasteiger partial charge in [-0.2, -0.15) is 0 Å². The van der Waals surface area contributed by atoms with Crippen LogP contribution in [-0.4, -0.2) is 0 Å². The summed E-state index contributed by atoms with van der Waals surface area (Å²) in [6.07, 6.45) is 0. The summed E-state index contributed by atoms with van der Waals surface area (Å²) in [6, 6.07) is 38.2. The summed E-state index contributed by atoms with van der Waals surface area (Å²) in [5.41, 5.74) is 19.2. The molecule has 0 saturated carbocycles. The molecule has 5 aromatic carbocycles. The van der Waals surface area contributed by atoms with E-state index < -0.39 is 0 Å². The average molecular weight is 629 g/mol. The Morgan fingerprint density at radius 1 is 0.271 bits per heavy atom. The molecule has 0 radical (unpaired) electrons. The van der Waals surface area contributed by atoms with E-state index in [0.29, 0.717) is 0 Å². The molecule has 0 spiro atoms. The molecule has 0 aromatic heterocycles. The van der Waals surface area contributed by atoms with Crippen LogP contribution < -0.4 is 10.4 Å². The topological polar surface area (TPSA) is 0 Å². The van der Waals surface area contributed by atoms with Gasteiger partial charge >= 0.3 is 0 Å². The normalized spacial score (nSPS) is 14.2. The van der Waals surface area contributed by atoms with Gasteiger partial charge < -0.3 is 0 Å². The molecule has 0 saturated heterocycles. The lowest BCUT2D eigenvalue weighted by Crippen LogP contribution is -2.15. The van der Waals surface area contributed by atoms with Gasteiger partial charge in [-0.25, -0.2) is 0 Å². The molecule has 0 aliphatic heterocycles. The summed E-state index contributed by atoms with van der Waals surface area (Å²) in [5.74, 6) is 0. The third-order valence-corrected chi connectivity index (χ3v) is 10.7. The smallest absolute Gasteiger partial charge is 0.00260 e. The van der Waals surface area contributed by atoms with Gasteiger partial charge in [-0.15, -0.1) is 0 Å². The molecule has 2 aliphatic rings. The summed E-state index contributed by atoms with van der Waals surface area (Å²) in [7, 11) is 0. The van der Waals surface area contributed by atoms with Crippen molar-refractivity contribution in [3.8, 4) is 22.3 Å². The van der Waals surface area contributed by atoms with Crippen molar-refractivity contribution in [2.24, 2.45) is 0 Å². The number of hydrogen-bond donors (Lipinski definition) is 0. The average Bonchev–Trinajstić information content (AvgIpc) is 3.49. The van der Waals surface area contributed by atoms with Crippen LogP contribution in [0.4, 0.5) is 0 Å². The highest BCUT2D eigenvalue weighted by Gasteiger charge is 2.30. The van der Waals surface area contributed by atoms with Crippen molar-refractivity contribution in [3.63, 3.8) is 0 Å². The Morgan fingerprint density at radius 3 is 0.854 bits per heavy atom. The third kappa shape index (κ3) is 5.38. The maximum absolute atomic E-state index is 2.51. The van der Waals surface area contributed by atoms with Crippen molar-refractivity contribution in [2.75, 3.05) is 0 Å². The summed E-state index contributed by atoms with van der Waals surface area (Å²) >= 11 is 0. The highest BCUT2D eigenvalue weighted by atomic mass is 14.3. The van der Waals surface area contributed by atoms with E-state index in [9.17, 15) is 0 Å². The molecule has 0 unspecified atom stereocenters. The lowest BCUT2D eigenvalue weighted by atomic mass is 9.83. The second-order valence-electron chi connectivity index (χ2n) is 18.4. The fraction of sp³-hybridized carbons (Fsp3) is 0.333. The zero-order valence-corrected chi connectivity index (χ0v) is 31.2. The first kappa shape index (κ1) is 32.4. The van der Waals surface area contributed by atoms with E-state index in [0.717, 1.165) is 0 Å². The molecular formula is C48H52. The van der Waals surface area contributed by atoms with Gasteiger partial charge in [0.15, 0.2) is 0 Å². The first-order chi connectivity index (χ1) is 22.3. The Bertz CT molecular complexity index is 2040. The van der Waals surface area contributed by atoms with Crippen LogP contribution in [0.5, 0.6) is 0 Å². The molecule has 0 bridgehead atoms. The minimum Gasteiger partial charge on any atom is -0.0579 e. The monoisotopic (exact) mass is 628 g/mol. The summed E-state index contributed by atoms with van der Waals surface area (Å²) < 4.78 is 0. The van der Waals surface area contributed by atoms with Gasteiger partial charge in [0.25, 0.3) is 0 Å². The van der Waals surface area contributed by atoms with Gasteiger partial charge in [-0.3, -0.25) is 0 Å². The van der Waals surface area contributed by atoms with E-state index in [-0.39, 0.29) is 21.7 Å². The third-order valence-electron chi connectivity index (χ3n) is 10.7. The molecule has 0 heteroatoms. The van der Waals surface area contributed by atoms with E-state index in [2.05, 4.69) is 180 Å². The van der Waals surface area contributed by atoms with Crippen LogP contribution >= 0.6 is 0 Å². The zero-order chi connectivity index (χ0) is 34.6. The van der Waals surface area contributed by atoms with Crippen molar-refractivity contribution in [2.45, 2.75) is 105 Å². The molecule has 244 valence electrons. The molecule has 0 amide bonds. The molecule has 48 heavy (non-hydrogen) atoms. The fourth-order valence-corrected chi connectivity index (χ4v) is 7.55. The number of hydrogen-bond acceptors (Lipinski definition) is 0. The standard InChI is InChI=1S/C48H52/c1-45(2,3)31-17-13-29(14-18-31)43-39-25-33(47(7,8)9)21-23-35(39)37-28-42-38(27-41(37)43)36-24-22-34(48(10,11)12)26-40(36)44(42)30-15-19-32(20-16-30)46(4,5)6/h13-28H,1-12H3. The Kier molecular flexibility index (Phi) is 7.20. The van der Waals surface area contributed by atoms with Crippen molar-refractivity contribution in [1.82, 2.24) is 0 Å². The Hall–Kier alpha value is -4.16. The molecule has 0 heterocycles. The van der Waals surface area contributed by atoms with Gasteiger partial charge in [0.1, 0.15) is 0 Å². The van der Waals surface area contributed by atoms with Crippen LogP contribution in [0.25, 0.3) is 33.4 Å². The number of benzene rings is 5. The van der Waals surface area contributed by atoms with E-state index in [1.165, 1.54) is 88.3 Å². The first-order valence-electron chi connectivity index (χ1n) is 17.8. The Labute approximate surface area is 289 Å². The van der Waals surface area contributed by atoms with Crippen molar-refractivity contribution < 1.29 is 0 Å². The second-order valence-corrected chi connectivity index (χ2v) is 18.4. The summed E-state index contributed by atoms with van der Waals surface area (Å²) in [4.78, 5) is 0. The maximum Gasteiger partial charge on any atom is -0.00260 e. The van der Waals surface area contributed by atoms with Gasteiger partial charge in [0.2, 0.25) is 0 Å². The van der Waals surface area contributed by atoms with Gasteiger partial charge in [0, 0.05) is 0 Å².